The predicted molar refractivity (Wildman–Crippen MR) is 80.9 cm³/mol. The van der Waals surface area contributed by atoms with Crippen LogP contribution in [-0.4, -0.2) is 43.8 Å². The van der Waals surface area contributed by atoms with E-state index in [1.807, 2.05) is 24.3 Å². The largest absolute Gasteiger partial charge is 0.449 e. The average molecular weight is 277 g/mol. The quantitative estimate of drug-likeness (QED) is 0.678. The zero-order valence-electron chi connectivity index (χ0n) is 12.0. The van der Waals surface area contributed by atoms with Gasteiger partial charge in [0.25, 0.3) is 0 Å². The van der Waals surface area contributed by atoms with Gasteiger partial charge in [-0.3, -0.25) is 0 Å². The summed E-state index contributed by atoms with van der Waals surface area (Å²) >= 11 is 0. The van der Waals surface area contributed by atoms with Gasteiger partial charge in [0.15, 0.2) is 0 Å². The summed E-state index contributed by atoms with van der Waals surface area (Å²) in [7, 11) is 0. The molecule has 2 rings (SSSR count). The number of carbonyl (C=O) groups excluding carboxylic acids is 1. The Kier molecular flexibility index (Phi) is 5.09. The molecule has 2 N–H and O–H groups in total. The summed E-state index contributed by atoms with van der Waals surface area (Å²) in [6.45, 7) is 5.66. The lowest BCUT2D eigenvalue weighted by Crippen LogP contribution is -2.49. The fraction of sp³-hybridized carbons (Fsp3) is 0.533. The lowest BCUT2D eigenvalue weighted by Gasteiger charge is -2.35. The molecule has 0 spiro atoms. The first-order chi connectivity index (χ1) is 9.70. The first-order valence-corrected chi connectivity index (χ1v) is 7.23. The number of rotatable bonds is 4. The van der Waals surface area contributed by atoms with Crippen LogP contribution in [-0.2, 0) is 4.74 Å². The Labute approximate surface area is 120 Å². The molecule has 110 valence electrons. The third-order valence-electron chi connectivity index (χ3n) is 3.52. The standard InChI is InChI=1S/C15H23N3O2/c1-2-3-12-20-15(19)18-10-8-17(9-11-18)14-6-4-13(16)5-7-14/h4-7H,2-3,8-12,16H2,1H3. The Hall–Kier alpha value is -1.91. The molecular formula is C15H23N3O2. The molecule has 0 unspecified atom stereocenters. The van der Waals surface area contributed by atoms with Crippen LogP contribution in [0.15, 0.2) is 24.3 Å². The molecule has 0 radical (unpaired) electrons. The summed E-state index contributed by atoms with van der Waals surface area (Å²) in [6.07, 6.45) is 1.78. The molecule has 1 fully saturated rings. The molecule has 1 heterocycles. The van der Waals surface area contributed by atoms with E-state index in [0.717, 1.165) is 37.3 Å². The number of anilines is 2. The molecule has 1 aliphatic heterocycles. The van der Waals surface area contributed by atoms with Crippen molar-refractivity contribution in [1.82, 2.24) is 4.90 Å². The number of carbonyl (C=O) groups is 1. The highest BCUT2D eigenvalue weighted by molar-refractivity contribution is 5.68. The average Bonchev–Trinajstić information content (AvgIpc) is 2.48. The molecule has 1 aromatic rings. The molecule has 0 saturated carbocycles. The number of nitrogens with zero attached hydrogens (tertiary/aromatic N) is 2. The molecule has 0 bridgehead atoms. The molecule has 0 aliphatic carbocycles. The van der Waals surface area contributed by atoms with Crippen molar-refractivity contribution in [2.24, 2.45) is 0 Å². The van der Waals surface area contributed by atoms with Crippen molar-refractivity contribution < 1.29 is 9.53 Å². The number of benzene rings is 1. The monoisotopic (exact) mass is 277 g/mol. The van der Waals surface area contributed by atoms with Gasteiger partial charge in [0.1, 0.15) is 0 Å². The van der Waals surface area contributed by atoms with Gasteiger partial charge in [-0.1, -0.05) is 13.3 Å². The van der Waals surface area contributed by atoms with Crippen molar-refractivity contribution in [3.05, 3.63) is 24.3 Å². The minimum atomic E-state index is -0.185. The second-order valence-electron chi connectivity index (χ2n) is 5.03. The summed E-state index contributed by atoms with van der Waals surface area (Å²) in [5.41, 5.74) is 7.61. The molecule has 5 heteroatoms. The molecule has 1 aliphatic rings. The topological polar surface area (TPSA) is 58.8 Å². The molecule has 20 heavy (non-hydrogen) atoms. The summed E-state index contributed by atoms with van der Waals surface area (Å²) in [4.78, 5) is 15.9. The van der Waals surface area contributed by atoms with Crippen LogP contribution < -0.4 is 10.6 Å². The van der Waals surface area contributed by atoms with E-state index in [-0.39, 0.29) is 6.09 Å². The number of hydrogen-bond acceptors (Lipinski definition) is 4. The van der Waals surface area contributed by atoms with Gasteiger partial charge in [0.2, 0.25) is 0 Å². The number of nitrogens with two attached hydrogens (primary N) is 1. The maximum Gasteiger partial charge on any atom is 0.409 e. The van der Waals surface area contributed by atoms with Crippen molar-refractivity contribution in [1.29, 1.82) is 0 Å². The number of amides is 1. The van der Waals surface area contributed by atoms with Crippen LogP contribution in [0.4, 0.5) is 16.2 Å². The molecule has 1 amide bonds. The van der Waals surface area contributed by atoms with E-state index in [9.17, 15) is 4.79 Å². The van der Waals surface area contributed by atoms with Crippen molar-refractivity contribution >= 4 is 17.5 Å². The van der Waals surface area contributed by atoms with Crippen LogP contribution in [0.3, 0.4) is 0 Å². The van der Waals surface area contributed by atoms with Crippen LogP contribution >= 0.6 is 0 Å². The maximum absolute atomic E-state index is 11.8. The third kappa shape index (κ3) is 3.79. The van der Waals surface area contributed by atoms with E-state index < -0.39 is 0 Å². The van der Waals surface area contributed by atoms with Gasteiger partial charge in [-0.05, 0) is 30.7 Å². The number of piperazine rings is 1. The van der Waals surface area contributed by atoms with Crippen LogP contribution in [0.1, 0.15) is 19.8 Å². The second kappa shape index (κ2) is 7.03. The molecule has 0 aromatic heterocycles. The molecule has 1 aromatic carbocycles. The molecule has 5 nitrogen and oxygen atoms in total. The highest BCUT2D eigenvalue weighted by Gasteiger charge is 2.22. The van der Waals surface area contributed by atoms with Crippen molar-refractivity contribution in [3.63, 3.8) is 0 Å². The molecule has 0 atom stereocenters. The third-order valence-corrected chi connectivity index (χ3v) is 3.52. The fourth-order valence-electron chi connectivity index (χ4n) is 2.23. The van der Waals surface area contributed by atoms with Gasteiger partial charge in [-0.25, -0.2) is 4.79 Å². The number of nitrogen functional groups attached to an aromatic ring is 1. The van der Waals surface area contributed by atoms with E-state index in [2.05, 4.69) is 11.8 Å². The number of unbranched alkanes of at least 4 members (excludes halogenated alkanes) is 1. The van der Waals surface area contributed by atoms with Crippen molar-refractivity contribution in [2.45, 2.75) is 19.8 Å². The number of ether oxygens (including phenoxy) is 1. The van der Waals surface area contributed by atoms with Crippen LogP contribution in [0.5, 0.6) is 0 Å². The van der Waals surface area contributed by atoms with Gasteiger partial charge in [0.05, 0.1) is 6.61 Å². The smallest absolute Gasteiger partial charge is 0.409 e. The van der Waals surface area contributed by atoms with Gasteiger partial charge >= 0.3 is 6.09 Å². The summed E-state index contributed by atoms with van der Waals surface area (Å²) in [5, 5.41) is 0. The summed E-state index contributed by atoms with van der Waals surface area (Å²) in [5.74, 6) is 0. The van der Waals surface area contributed by atoms with Crippen LogP contribution in [0.25, 0.3) is 0 Å². The summed E-state index contributed by atoms with van der Waals surface area (Å²) < 4.78 is 5.23. The van der Waals surface area contributed by atoms with Gasteiger partial charge in [0, 0.05) is 37.6 Å². The molecular weight excluding hydrogens is 254 g/mol. The zero-order chi connectivity index (χ0) is 14.4. The van der Waals surface area contributed by atoms with E-state index in [1.165, 1.54) is 0 Å². The van der Waals surface area contributed by atoms with E-state index >= 15 is 0 Å². The molecule has 1 saturated heterocycles. The van der Waals surface area contributed by atoms with Gasteiger partial charge in [-0.15, -0.1) is 0 Å². The Balaban J connectivity index is 1.80. The van der Waals surface area contributed by atoms with Crippen molar-refractivity contribution in [3.8, 4) is 0 Å². The van der Waals surface area contributed by atoms with Gasteiger partial charge in [-0.2, -0.15) is 0 Å². The van der Waals surface area contributed by atoms with E-state index in [0.29, 0.717) is 19.7 Å². The fourth-order valence-corrected chi connectivity index (χ4v) is 2.23. The number of hydrogen-bond donors (Lipinski definition) is 1. The van der Waals surface area contributed by atoms with Crippen LogP contribution in [0.2, 0.25) is 0 Å². The Morgan fingerprint density at radius 2 is 1.85 bits per heavy atom. The first-order valence-electron chi connectivity index (χ1n) is 7.23. The lowest BCUT2D eigenvalue weighted by atomic mass is 10.2. The van der Waals surface area contributed by atoms with Crippen LogP contribution in [0, 0.1) is 0 Å². The highest BCUT2D eigenvalue weighted by Crippen LogP contribution is 2.18. The normalized spacial score (nSPS) is 15.2. The lowest BCUT2D eigenvalue weighted by molar-refractivity contribution is 0.0989. The Morgan fingerprint density at radius 3 is 2.45 bits per heavy atom. The Morgan fingerprint density at radius 1 is 1.20 bits per heavy atom. The summed E-state index contributed by atoms with van der Waals surface area (Å²) in [6, 6.07) is 7.84. The second-order valence-corrected chi connectivity index (χ2v) is 5.03. The minimum absolute atomic E-state index is 0.185. The SMILES string of the molecule is CCCCOC(=O)N1CCN(c2ccc(N)cc2)CC1. The van der Waals surface area contributed by atoms with Crippen molar-refractivity contribution in [2.75, 3.05) is 43.4 Å². The minimum Gasteiger partial charge on any atom is -0.449 e. The predicted octanol–water partition coefficient (Wildman–Crippen LogP) is 2.33. The first kappa shape index (κ1) is 14.5. The van der Waals surface area contributed by atoms with Gasteiger partial charge < -0.3 is 20.3 Å². The van der Waals surface area contributed by atoms with E-state index in [1.54, 1.807) is 4.90 Å². The zero-order valence-corrected chi connectivity index (χ0v) is 12.0. The highest BCUT2D eigenvalue weighted by atomic mass is 16.6. The Bertz CT molecular complexity index is 425. The maximum atomic E-state index is 11.8. The van der Waals surface area contributed by atoms with E-state index in [4.69, 9.17) is 10.5 Å².